The quantitative estimate of drug-likeness (QED) is 0.757. The van der Waals surface area contributed by atoms with Gasteiger partial charge in [0.25, 0.3) is 0 Å². The van der Waals surface area contributed by atoms with Gasteiger partial charge in [-0.2, -0.15) is 0 Å². The lowest BCUT2D eigenvalue weighted by atomic mass is 10.1. The zero-order chi connectivity index (χ0) is 14.5. The highest BCUT2D eigenvalue weighted by Crippen LogP contribution is 2.14. The molecular formula is C16H23N3O. The monoisotopic (exact) mass is 273 g/mol. The first-order valence-electron chi connectivity index (χ1n) is 7.13. The highest BCUT2D eigenvalue weighted by Gasteiger charge is 2.12. The van der Waals surface area contributed by atoms with Gasteiger partial charge in [-0.1, -0.05) is 26.0 Å². The molecule has 108 valence electrons. The van der Waals surface area contributed by atoms with Gasteiger partial charge in [0.15, 0.2) is 0 Å². The van der Waals surface area contributed by atoms with Gasteiger partial charge in [0.2, 0.25) is 5.91 Å². The summed E-state index contributed by atoms with van der Waals surface area (Å²) in [6.07, 6.45) is 1.93. The number of hydrogen-bond donors (Lipinski definition) is 3. The number of fused-ring (bicyclic) bond motifs is 1. The van der Waals surface area contributed by atoms with E-state index in [1.54, 1.807) is 0 Å². The smallest absolute Gasteiger partial charge is 0.236 e. The van der Waals surface area contributed by atoms with Crippen molar-refractivity contribution in [1.82, 2.24) is 15.6 Å². The van der Waals surface area contributed by atoms with Crippen LogP contribution in [0.15, 0.2) is 30.5 Å². The maximum atomic E-state index is 11.9. The Labute approximate surface area is 120 Å². The SMILES string of the molecule is CC(C)CNC(=O)C(C)NCc1ccc2cc[nH]c2c1. The Hall–Kier alpha value is -1.81. The molecule has 1 aromatic heterocycles. The lowest BCUT2D eigenvalue weighted by Crippen LogP contribution is -2.42. The average Bonchev–Trinajstić information content (AvgIpc) is 2.89. The number of carbonyl (C=O) groups excluding carboxylic acids is 1. The number of aromatic nitrogens is 1. The van der Waals surface area contributed by atoms with E-state index in [-0.39, 0.29) is 11.9 Å². The Balaban J connectivity index is 1.85. The summed E-state index contributed by atoms with van der Waals surface area (Å²) in [6, 6.07) is 8.15. The molecule has 0 bridgehead atoms. The predicted molar refractivity (Wildman–Crippen MR) is 82.4 cm³/mol. The van der Waals surface area contributed by atoms with E-state index in [9.17, 15) is 4.79 Å². The van der Waals surface area contributed by atoms with Gasteiger partial charge in [0.05, 0.1) is 6.04 Å². The zero-order valence-corrected chi connectivity index (χ0v) is 12.4. The second-order valence-corrected chi connectivity index (χ2v) is 5.64. The van der Waals surface area contributed by atoms with Gasteiger partial charge in [-0.3, -0.25) is 4.79 Å². The maximum absolute atomic E-state index is 11.9. The van der Waals surface area contributed by atoms with E-state index in [0.29, 0.717) is 12.5 Å². The van der Waals surface area contributed by atoms with Crippen molar-refractivity contribution in [2.75, 3.05) is 6.54 Å². The van der Waals surface area contributed by atoms with E-state index in [2.05, 4.69) is 53.7 Å². The van der Waals surface area contributed by atoms with Crippen molar-refractivity contribution in [2.24, 2.45) is 5.92 Å². The molecule has 0 radical (unpaired) electrons. The molecule has 0 spiro atoms. The first kappa shape index (κ1) is 14.6. The first-order chi connectivity index (χ1) is 9.56. The van der Waals surface area contributed by atoms with Crippen molar-refractivity contribution in [3.8, 4) is 0 Å². The number of rotatable bonds is 6. The fourth-order valence-electron chi connectivity index (χ4n) is 2.03. The van der Waals surface area contributed by atoms with Crippen LogP contribution in [0.4, 0.5) is 0 Å². The van der Waals surface area contributed by atoms with Crippen LogP contribution in [0.2, 0.25) is 0 Å². The number of nitrogens with one attached hydrogen (secondary N) is 3. The van der Waals surface area contributed by atoms with Crippen molar-refractivity contribution in [3.63, 3.8) is 0 Å². The molecule has 0 aliphatic carbocycles. The summed E-state index contributed by atoms with van der Waals surface area (Å²) < 4.78 is 0. The highest BCUT2D eigenvalue weighted by atomic mass is 16.2. The van der Waals surface area contributed by atoms with Crippen molar-refractivity contribution in [2.45, 2.75) is 33.4 Å². The summed E-state index contributed by atoms with van der Waals surface area (Å²) in [5.74, 6) is 0.529. The van der Waals surface area contributed by atoms with E-state index < -0.39 is 0 Å². The van der Waals surface area contributed by atoms with E-state index in [0.717, 1.165) is 12.1 Å². The van der Waals surface area contributed by atoms with Crippen molar-refractivity contribution < 1.29 is 4.79 Å². The zero-order valence-electron chi connectivity index (χ0n) is 12.4. The molecule has 2 aromatic rings. The second kappa shape index (κ2) is 6.57. The number of hydrogen-bond acceptors (Lipinski definition) is 2. The molecule has 1 heterocycles. The molecule has 2 rings (SSSR count). The summed E-state index contributed by atoms with van der Waals surface area (Å²) in [4.78, 5) is 15.1. The van der Waals surface area contributed by atoms with Crippen LogP contribution in [-0.2, 0) is 11.3 Å². The van der Waals surface area contributed by atoms with Gasteiger partial charge < -0.3 is 15.6 Å². The van der Waals surface area contributed by atoms with Crippen molar-refractivity contribution in [1.29, 1.82) is 0 Å². The van der Waals surface area contributed by atoms with Gasteiger partial charge in [-0.25, -0.2) is 0 Å². The van der Waals surface area contributed by atoms with Crippen molar-refractivity contribution >= 4 is 16.8 Å². The fourth-order valence-corrected chi connectivity index (χ4v) is 2.03. The minimum absolute atomic E-state index is 0.0552. The van der Waals surface area contributed by atoms with Gasteiger partial charge in [0, 0.05) is 24.8 Å². The molecule has 1 unspecified atom stereocenters. The normalized spacial score (nSPS) is 12.8. The molecule has 0 saturated carbocycles. The molecule has 4 nitrogen and oxygen atoms in total. The Bertz CT molecular complexity index is 574. The fraction of sp³-hybridized carbons (Fsp3) is 0.438. The third-order valence-electron chi connectivity index (χ3n) is 3.31. The molecule has 20 heavy (non-hydrogen) atoms. The Morgan fingerprint density at radius 3 is 2.80 bits per heavy atom. The molecule has 0 aliphatic rings. The number of amides is 1. The predicted octanol–water partition coefficient (Wildman–Crippen LogP) is 2.42. The molecule has 1 amide bonds. The lowest BCUT2D eigenvalue weighted by molar-refractivity contribution is -0.122. The lowest BCUT2D eigenvalue weighted by Gasteiger charge is -2.15. The molecule has 1 aromatic carbocycles. The summed E-state index contributed by atoms with van der Waals surface area (Å²) in [5, 5.41) is 7.39. The van der Waals surface area contributed by atoms with Crippen LogP contribution in [0.25, 0.3) is 10.9 Å². The van der Waals surface area contributed by atoms with Gasteiger partial charge in [-0.05, 0) is 35.9 Å². The third-order valence-corrected chi connectivity index (χ3v) is 3.31. The topological polar surface area (TPSA) is 56.9 Å². The summed E-state index contributed by atoms with van der Waals surface area (Å²) in [7, 11) is 0. The van der Waals surface area contributed by atoms with Crippen LogP contribution in [0.5, 0.6) is 0 Å². The summed E-state index contributed by atoms with van der Waals surface area (Å²) in [5.41, 5.74) is 2.30. The Kier molecular flexibility index (Phi) is 4.79. The van der Waals surface area contributed by atoms with Gasteiger partial charge >= 0.3 is 0 Å². The van der Waals surface area contributed by atoms with Crippen LogP contribution in [-0.4, -0.2) is 23.5 Å². The largest absolute Gasteiger partial charge is 0.361 e. The second-order valence-electron chi connectivity index (χ2n) is 5.64. The van der Waals surface area contributed by atoms with E-state index in [1.807, 2.05) is 13.1 Å². The van der Waals surface area contributed by atoms with E-state index in [1.165, 1.54) is 10.9 Å². The first-order valence-corrected chi connectivity index (χ1v) is 7.13. The van der Waals surface area contributed by atoms with Gasteiger partial charge in [-0.15, -0.1) is 0 Å². The van der Waals surface area contributed by atoms with Crippen LogP contribution in [0.3, 0.4) is 0 Å². The number of carbonyl (C=O) groups is 1. The minimum atomic E-state index is -0.187. The summed E-state index contributed by atoms with van der Waals surface area (Å²) >= 11 is 0. The average molecular weight is 273 g/mol. The Morgan fingerprint density at radius 2 is 2.05 bits per heavy atom. The van der Waals surface area contributed by atoms with Crippen LogP contribution >= 0.6 is 0 Å². The maximum Gasteiger partial charge on any atom is 0.236 e. The van der Waals surface area contributed by atoms with Crippen LogP contribution < -0.4 is 10.6 Å². The molecule has 0 saturated heterocycles. The van der Waals surface area contributed by atoms with Crippen LogP contribution in [0.1, 0.15) is 26.3 Å². The molecule has 0 aliphatic heterocycles. The highest BCUT2D eigenvalue weighted by molar-refractivity contribution is 5.81. The summed E-state index contributed by atoms with van der Waals surface area (Å²) in [6.45, 7) is 7.47. The molecule has 4 heteroatoms. The van der Waals surface area contributed by atoms with Crippen molar-refractivity contribution in [3.05, 3.63) is 36.0 Å². The molecule has 0 fully saturated rings. The van der Waals surface area contributed by atoms with Gasteiger partial charge in [0.1, 0.15) is 0 Å². The third kappa shape index (κ3) is 3.84. The molecular weight excluding hydrogens is 250 g/mol. The Morgan fingerprint density at radius 1 is 1.25 bits per heavy atom. The minimum Gasteiger partial charge on any atom is -0.361 e. The standard InChI is InChI=1S/C16H23N3O/c1-11(2)9-19-16(20)12(3)18-10-13-4-5-14-6-7-17-15(14)8-13/h4-8,11-12,17-18H,9-10H2,1-3H3,(H,19,20). The van der Waals surface area contributed by atoms with E-state index in [4.69, 9.17) is 0 Å². The van der Waals surface area contributed by atoms with E-state index >= 15 is 0 Å². The molecule has 1 atom stereocenters. The number of benzene rings is 1. The van der Waals surface area contributed by atoms with Crippen LogP contribution in [0, 0.1) is 5.92 Å². The number of aromatic amines is 1. The molecule has 3 N–H and O–H groups in total. The number of H-pyrrole nitrogens is 1.